The van der Waals surface area contributed by atoms with Crippen molar-refractivity contribution in [1.29, 1.82) is 0 Å². The van der Waals surface area contributed by atoms with E-state index in [-0.39, 0.29) is 12.5 Å². The summed E-state index contributed by atoms with van der Waals surface area (Å²) in [5.74, 6) is -0.830. The molecule has 0 radical (unpaired) electrons. The minimum atomic E-state index is -0.572. The molecule has 126 valence electrons. The number of carbonyl (C=O) groups is 2. The van der Waals surface area contributed by atoms with Crippen molar-refractivity contribution >= 4 is 27.8 Å². The quantitative estimate of drug-likeness (QED) is 0.735. The maximum atomic E-state index is 12.2. The molecule has 0 spiro atoms. The van der Waals surface area contributed by atoms with Crippen LogP contribution < -0.4 is 0 Å². The molecule has 0 N–H and O–H groups in total. The molecular formula is C18H19BrN2O3. The minimum absolute atomic E-state index is 0.258. The summed E-state index contributed by atoms with van der Waals surface area (Å²) in [7, 11) is 1.69. The number of nitrogens with zero attached hydrogens (tertiary/aromatic N) is 2. The Morgan fingerprint density at radius 1 is 1.21 bits per heavy atom. The van der Waals surface area contributed by atoms with Crippen LogP contribution in [0.4, 0.5) is 0 Å². The molecule has 0 aliphatic heterocycles. The van der Waals surface area contributed by atoms with E-state index in [4.69, 9.17) is 4.74 Å². The van der Waals surface area contributed by atoms with Crippen molar-refractivity contribution in [3.05, 3.63) is 63.4 Å². The molecule has 0 bridgehead atoms. The van der Waals surface area contributed by atoms with Gasteiger partial charge in [-0.15, -0.1) is 0 Å². The fourth-order valence-electron chi connectivity index (χ4n) is 2.21. The Hall–Kier alpha value is -2.21. The zero-order valence-corrected chi connectivity index (χ0v) is 15.5. The Morgan fingerprint density at radius 3 is 2.62 bits per heavy atom. The summed E-state index contributed by atoms with van der Waals surface area (Å²) < 4.78 is 5.74. The van der Waals surface area contributed by atoms with Gasteiger partial charge in [0.05, 0.1) is 5.56 Å². The second-order valence-electron chi connectivity index (χ2n) is 5.65. The van der Waals surface area contributed by atoms with Crippen LogP contribution in [0.3, 0.4) is 0 Å². The smallest absolute Gasteiger partial charge is 0.340 e. The lowest BCUT2D eigenvalue weighted by atomic mass is 10.1. The molecule has 0 aliphatic carbocycles. The van der Waals surface area contributed by atoms with Crippen LogP contribution in [0.1, 0.15) is 27.0 Å². The number of esters is 1. The molecule has 0 aliphatic rings. The van der Waals surface area contributed by atoms with Crippen LogP contribution >= 0.6 is 15.9 Å². The summed E-state index contributed by atoms with van der Waals surface area (Å²) in [6.45, 7) is 4.22. The fourth-order valence-corrected chi connectivity index (χ4v) is 2.58. The van der Waals surface area contributed by atoms with E-state index in [9.17, 15) is 9.59 Å². The molecule has 24 heavy (non-hydrogen) atoms. The lowest BCUT2D eigenvalue weighted by Crippen LogP contribution is -2.31. The number of carbonyl (C=O) groups excluding carboxylic acids is 2. The van der Waals surface area contributed by atoms with Gasteiger partial charge in [-0.25, -0.2) is 4.79 Å². The molecule has 0 saturated heterocycles. The molecule has 0 fully saturated rings. The monoisotopic (exact) mass is 390 g/mol. The van der Waals surface area contributed by atoms with Crippen molar-refractivity contribution in [2.45, 2.75) is 20.4 Å². The van der Waals surface area contributed by atoms with Crippen LogP contribution in [0.2, 0.25) is 0 Å². The van der Waals surface area contributed by atoms with Gasteiger partial charge in [-0.3, -0.25) is 9.78 Å². The average molecular weight is 391 g/mol. The number of hydrogen-bond donors (Lipinski definition) is 0. The van der Waals surface area contributed by atoms with Crippen molar-refractivity contribution in [2.75, 3.05) is 13.7 Å². The van der Waals surface area contributed by atoms with Gasteiger partial charge >= 0.3 is 5.97 Å². The van der Waals surface area contributed by atoms with Crippen LogP contribution in [-0.4, -0.2) is 35.4 Å². The maximum Gasteiger partial charge on any atom is 0.340 e. The standard InChI is InChI=1S/C18H19BrN2O3/c1-12-4-5-14(13(2)6-12)10-21(3)17(22)11-24-18(23)15-7-16(19)9-20-8-15/h4-9H,10-11H2,1-3H3. The Labute approximate surface area is 149 Å². The molecule has 2 rings (SSSR count). The summed E-state index contributed by atoms with van der Waals surface area (Å²) in [5.41, 5.74) is 3.68. The van der Waals surface area contributed by atoms with Crippen molar-refractivity contribution in [3.63, 3.8) is 0 Å². The first kappa shape index (κ1) is 18.1. The second-order valence-corrected chi connectivity index (χ2v) is 6.56. The summed E-state index contributed by atoms with van der Waals surface area (Å²) in [6.07, 6.45) is 2.97. The number of aryl methyl sites for hydroxylation is 2. The van der Waals surface area contributed by atoms with E-state index in [1.165, 1.54) is 11.8 Å². The van der Waals surface area contributed by atoms with Crippen molar-refractivity contribution in [2.24, 2.45) is 0 Å². The van der Waals surface area contributed by atoms with Gasteiger partial charge in [-0.2, -0.15) is 0 Å². The minimum Gasteiger partial charge on any atom is -0.452 e. The van der Waals surface area contributed by atoms with Gasteiger partial charge in [0.2, 0.25) is 0 Å². The number of pyridine rings is 1. The summed E-state index contributed by atoms with van der Waals surface area (Å²) in [4.78, 5) is 29.5. The SMILES string of the molecule is Cc1ccc(CN(C)C(=O)COC(=O)c2cncc(Br)c2)c(C)c1. The van der Waals surface area contributed by atoms with Gasteiger partial charge < -0.3 is 9.64 Å². The van der Waals surface area contributed by atoms with Gasteiger partial charge in [-0.05, 0) is 47.0 Å². The van der Waals surface area contributed by atoms with Crippen LogP contribution in [0, 0.1) is 13.8 Å². The topological polar surface area (TPSA) is 59.5 Å². The van der Waals surface area contributed by atoms with E-state index in [0.29, 0.717) is 16.6 Å². The van der Waals surface area contributed by atoms with Gasteiger partial charge in [-0.1, -0.05) is 23.8 Å². The van der Waals surface area contributed by atoms with E-state index in [1.807, 2.05) is 26.0 Å². The lowest BCUT2D eigenvalue weighted by Gasteiger charge is -2.18. The molecule has 0 atom stereocenters. The van der Waals surface area contributed by atoms with Gasteiger partial charge in [0.25, 0.3) is 5.91 Å². The van der Waals surface area contributed by atoms with Crippen LogP contribution in [0.5, 0.6) is 0 Å². The lowest BCUT2D eigenvalue weighted by molar-refractivity contribution is -0.133. The number of halogens is 1. The van der Waals surface area contributed by atoms with E-state index in [2.05, 4.69) is 27.0 Å². The number of benzene rings is 1. The molecule has 6 heteroatoms. The van der Waals surface area contributed by atoms with Crippen LogP contribution in [0.15, 0.2) is 41.1 Å². The predicted octanol–water partition coefficient (Wildman–Crippen LogP) is 3.28. The molecular weight excluding hydrogens is 372 g/mol. The average Bonchev–Trinajstić information content (AvgIpc) is 2.54. The zero-order chi connectivity index (χ0) is 17.7. The maximum absolute atomic E-state index is 12.2. The van der Waals surface area contributed by atoms with Crippen LogP contribution in [0.25, 0.3) is 0 Å². The highest BCUT2D eigenvalue weighted by Crippen LogP contribution is 2.13. The second kappa shape index (κ2) is 8.06. The Kier molecular flexibility index (Phi) is 6.09. The highest BCUT2D eigenvalue weighted by Gasteiger charge is 2.15. The Morgan fingerprint density at radius 2 is 1.96 bits per heavy atom. The molecule has 5 nitrogen and oxygen atoms in total. The predicted molar refractivity (Wildman–Crippen MR) is 94.6 cm³/mol. The van der Waals surface area contributed by atoms with E-state index >= 15 is 0 Å². The first-order valence-electron chi connectivity index (χ1n) is 7.44. The molecule has 1 aromatic heterocycles. The number of likely N-dealkylation sites (N-methyl/N-ethyl adjacent to an activating group) is 1. The normalized spacial score (nSPS) is 10.3. The number of rotatable bonds is 5. The molecule has 0 saturated carbocycles. The zero-order valence-electron chi connectivity index (χ0n) is 13.9. The third kappa shape index (κ3) is 4.89. The van der Waals surface area contributed by atoms with Crippen molar-refractivity contribution < 1.29 is 14.3 Å². The first-order chi connectivity index (χ1) is 11.4. The highest BCUT2D eigenvalue weighted by molar-refractivity contribution is 9.10. The number of ether oxygens (including phenoxy) is 1. The Balaban J connectivity index is 1.90. The molecule has 1 heterocycles. The summed E-state index contributed by atoms with van der Waals surface area (Å²) >= 11 is 3.24. The number of amides is 1. The third-order valence-electron chi connectivity index (χ3n) is 3.60. The third-order valence-corrected chi connectivity index (χ3v) is 4.03. The fraction of sp³-hybridized carbons (Fsp3) is 0.278. The Bertz CT molecular complexity index is 762. The van der Waals surface area contributed by atoms with Gasteiger partial charge in [0.1, 0.15) is 0 Å². The van der Waals surface area contributed by atoms with E-state index in [0.717, 1.165) is 11.1 Å². The molecule has 1 aromatic carbocycles. The van der Waals surface area contributed by atoms with Gasteiger partial charge in [0, 0.05) is 30.5 Å². The van der Waals surface area contributed by atoms with Crippen LogP contribution in [-0.2, 0) is 16.1 Å². The molecule has 1 amide bonds. The first-order valence-corrected chi connectivity index (χ1v) is 8.24. The highest BCUT2D eigenvalue weighted by atomic mass is 79.9. The van der Waals surface area contributed by atoms with E-state index < -0.39 is 5.97 Å². The van der Waals surface area contributed by atoms with Gasteiger partial charge in [0.15, 0.2) is 6.61 Å². The molecule has 2 aromatic rings. The van der Waals surface area contributed by atoms with Crippen molar-refractivity contribution in [1.82, 2.24) is 9.88 Å². The number of hydrogen-bond acceptors (Lipinski definition) is 4. The number of aromatic nitrogens is 1. The largest absolute Gasteiger partial charge is 0.452 e. The summed E-state index contributed by atoms with van der Waals surface area (Å²) in [6, 6.07) is 7.70. The van der Waals surface area contributed by atoms with Crippen molar-refractivity contribution in [3.8, 4) is 0 Å². The summed E-state index contributed by atoms with van der Waals surface area (Å²) in [5, 5.41) is 0. The molecule has 0 unspecified atom stereocenters. The van der Waals surface area contributed by atoms with E-state index in [1.54, 1.807) is 24.2 Å².